The van der Waals surface area contributed by atoms with Crippen molar-refractivity contribution in [3.8, 4) is 5.75 Å². The van der Waals surface area contributed by atoms with Crippen LogP contribution in [0.15, 0.2) is 53.0 Å². The van der Waals surface area contributed by atoms with Crippen molar-refractivity contribution in [2.45, 2.75) is 45.8 Å². The van der Waals surface area contributed by atoms with Crippen LogP contribution >= 0.6 is 15.9 Å². The molecule has 0 fully saturated rings. The molecule has 186 valence electrons. The molecule has 0 aliphatic carbocycles. The Kier molecular flexibility index (Phi) is 9.13. The minimum absolute atomic E-state index is 0.126. The van der Waals surface area contributed by atoms with E-state index in [1.165, 1.54) is 12.0 Å². The van der Waals surface area contributed by atoms with Crippen LogP contribution in [-0.2, 0) is 26.2 Å². The number of nitrogens with one attached hydrogen (secondary N) is 1. The summed E-state index contributed by atoms with van der Waals surface area (Å²) in [6, 6.07) is 13.1. The SMILES string of the molecule is COc1ccccc1N(CC(=O)N(Cc1cccc(Br)c1)[C@H](C)C(=O)NC(C)(C)C)S(C)(=O)=O. The number of hydrogen-bond donors (Lipinski definition) is 1. The molecule has 0 aromatic heterocycles. The van der Waals surface area contributed by atoms with Gasteiger partial charge >= 0.3 is 0 Å². The van der Waals surface area contributed by atoms with E-state index in [1.54, 1.807) is 31.2 Å². The maximum absolute atomic E-state index is 13.6. The predicted molar refractivity (Wildman–Crippen MR) is 137 cm³/mol. The molecule has 0 bridgehead atoms. The Balaban J connectivity index is 2.44. The third-order valence-electron chi connectivity index (χ3n) is 4.94. The number of ether oxygens (including phenoxy) is 1. The number of carbonyl (C=O) groups is 2. The molecule has 0 aliphatic heterocycles. The molecule has 2 aromatic rings. The molecular formula is C24H32BrN3O5S. The van der Waals surface area contributed by atoms with Crippen LogP contribution < -0.4 is 14.4 Å². The van der Waals surface area contributed by atoms with Crippen molar-refractivity contribution in [2.75, 3.05) is 24.2 Å². The number of sulfonamides is 1. The number of hydrogen-bond acceptors (Lipinski definition) is 5. The van der Waals surface area contributed by atoms with Gasteiger partial charge in [-0.2, -0.15) is 0 Å². The van der Waals surface area contributed by atoms with Gasteiger partial charge in [-0.25, -0.2) is 8.42 Å². The van der Waals surface area contributed by atoms with Crippen molar-refractivity contribution >= 4 is 43.5 Å². The number of rotatable bonds is 9. The topological polar surface area (TPSA) is 96.0 Å². The Hall–Kier alpha value is -2.59. The van der Waals surface area contributed by atoms with E-state index in [0.717, 1.165) is 20.6 Å². The lowest BCUT2D eigenvalue weighted by Crippen LogP contribution is -2.54. The lowest BCUT2D eigenvalue weighted by atomic mass is 10.1. The summed E-state index contributed by atoms with van der Waals surface area (Å²) in [5.74, 6) is -0.537. The van der Waals surface area contributed by atoms with Gasteiger partial charge in [-0.1, -0.05) is 40.2 Å². The summed E-state index contributed by atoms with van der Waals surface area (Å²) in [5, 5.41) is 2.89. The first kappa shape index (κ1) is 27.7. The number of carbonyl (C=O) groups excluding carboxylic acids is 2. The molecule has 0 radical (unpaired) electrons. The highest BCUT2D eigenvalue weighted by molar-refractivity contribution is 9.10. The normalized spacial score (nSPS) is 12.6. The zero-order chi connectivity index (χ0) is 25.7. The van der Waals surface area contributed by atoms with Gasteiger partial charge in [-0.15, -0.1) is 0 Å². The lowest BCUT2D eigenvalue weighted by Gasteiger charge is -2.33. The van der Waals surface area contributed by atoms with E-state index in [-0.39, 0.29) is 18.1 Å². The van der Waals surface area contributed by atoms with Gasteiger partial charge in [0.15, 0.2) is 0 Å². The maximum Gasteiger partial charge on any atom is 0.244 e. The van der Waals surface area contributed by atoms with Gasteiger partial charge < -0.3 is 15.0 Å². The van der Waals surface area contributed by atoms with E-state index in [2.05, 4.69) is 21.2 Å². The minimum Gasteiger partial charge on any atom is -0.495 e. The van der Waals surface area contributed by atoms with Crippen LogP contribution in [0.4, 0.5) is 5.69 Å². The largest absolute Gasteiger partial charge is 0.495 e. The summed E-state index contributed by atoms with van der Waals surface area (Å²) in [6.07, 6.45) is 1.03. The molecule has 0 unspecified atom stereocenters. The highest BCUT2D eigenvalue weighted by atomic mass is 79.9. The monoisotopic (exact) mass is 553 g/mol. The first-order valence-corrected chi connectivity index (χ1v) is 13.3. The molecule has 34 heavy (non-hydrogen) atoms. The minimum atomic E-state index is -3.84. The maximum atomic E-state index is 13.6. The van der Waals surface area contributed by atoms with Crippen molar-refractivity contribution in [1.82, 2.24) is 10.2 Å². The standard InChI is InChI=1S/C24H32BrN3O5S/c1-17(23(30)26-24(2,3)4)27(15-18-10-9-11-19(25)14-18)22(29)16-28(34(6,31)32)20-12-7-8-13-21(20)33-5/h7-14,17H,15-16H2,1-6H3,(H,26,30)/t17-/m1/s1. The summed E-state index contributed by atoms with van der Waals surface area (Å²) >= 11 is 3.42. The van der Waals surface area contributed by atoms with Gasteiger partial charge in [0.1, 0.15) is 18.3 Å². The van der Waals surface area contributed by atoms with Crippen LogP contribution in [0.1, 0.15) is 33.3 Å². The van der Waals surface area contributed by atoms with Gasteiger partial charge in [0.2, 0.25) is 21.8 Å². The van der Waals surface area contributed by atoms with Gasteiger partial charge in [0, 0.05) is 16.6 Å². The summed E-state index contributed by atoms with van der Waals surface area (Å²) in [6.45, 7) is 6.83. The van der Waals surface area contributed by atoms with E-state index >= 15 is 0 Å². The fraction of sp³-hybridized carbons (Fsp3) is 0.417. The average Bonchev–Trinajstić information content (AvgIpc) is 2.73. The van der Waals surface area contributed by atoms with Crippen molar-refractivity contribution in [1.29, 1.82) is 0 Å². The first-order chi connectivity index (χ1) is 15.7. The van der Waals surface area contributed by atoms with Crippen LogP contribution in [-0.4, -0.2) is 56.6 Å². The molecule has 0 spiro atoms. The molecule has 0 aliphatic rings. The quantitative estimate of drug-likeness (QED) is 0.512. The molecule has 0 heterocycles. The Bertz CT molecular complexity index is 1130. The molecule has 1 atom stereocenters. The number of anilines is 1. The number of amides is 2. The van der Waals surface area contributed by atoms with Crippen LogP contribution in [0.25, 0.3) is 0 Å². The Morgan fingerprint density at radius 1 is 1.12 bits per heavy atom. The molecular weight excluding hydrogens is 522 g/mol. The van der Waals surface area contributed by atoms with Crippen molar-refractivity contribution in [2.24, 2.45) is 0 Å². The van der Waals surface area contributed by atoms with Crippen LogP contribution in [0.5, 0.6) is 5.75 Å². The molecule has 2 aromatic carbocycles. The molecule has 10 heteroatoms. The number of nitrogens with zero attached hydrogens (tertiary/aromatic N) is 2. The number of para-hydroxylation sites is 2. The van der Waals surface area contributed by atoms with E-state index in [9.17, 15) is 18.0 Å². The van der Waals surface area contributed by atoms with Gasteiger partial charge in [-0.3, -0.25) is 13.9 Å². The molecule has 2 rings (SSSR count). The average molecular weight is 555 g/mol. The second kappa shape index (κ2) is 11.2. The summed E-state index contributed by atoms with van der Waals surface area (Å²) in [4.78, 5) is 27.9. The van der Waals surface area contributed by atoms with Gasteiger partial charge in [-0.05, 0) is 57.5 Å². The molecule has 1 N–H and O–H groups in total. The smallest absolute Gasteiger partial charge is 0.244 e. The summed E-state index contributed by atoms with van der Waals surface area (Å²) in [7, 11) is -2.41. The molecule has 2 amide bonds. The fourth-order valence-electron chi connectivity index (χ4n) is 3.32. The number of benzene rings is 2. The van der Waals surface area contributed by atoms with Crippen LogP contribution in [0, 0.1) is 0 Å². The third kappa shape index (κ3) is 7.73. The highest BCUT2D eigenvalue weighted by Gasteiger charge is 2.32. The summed E-state index contributed by atoms with van der Waals surface area (Å²) < 4.78 is 32.5. The first-order valence-electron chi connectivity index (χ1n) is 10.7. The highest BCUT2D eigenvalue weighted by Crippen LogP contribution is 2.29. The van der Waals surface area contributed by atoms with E-state index in [0.29, 0.717) is 5.75 Å². The van der Waals surface area contributed by atoms with Gasteiger partial charge in [0.05, 0.1) is 19.1 Å². The molecule has 0 saturated heterocycles. The van der Waals surface area contributed by atoms with E-state index in [1.807, 2.05) is 45.0 Å². The zero-order valence-corrected chi connectivity index (χ0v) is 22.7. The second-order valence-electron chi connectivity index (χ2n) is 9.01. The Morgan fingerprint density at radius 2 is 1.76 bits per heavy atom. The zero-order valence-electron chi connectivity index (χ0n) is 20.3. The van der Waals surface area contributed by atoms with Crippen molar-refractivity contribution in [3.63, 3.8) is 0 Å². The van der Waals surface area contributed by atoms with Gasteiger partial charge in [0.25, 0.3) is 0 Å². The number of halogens is 1. The Labute approximate surface area is 210 Å². The fourth-order valence-corrected chi connectivity index (χ4v) is 4.62. The summed E-state index contributed by atoms with van der Waals surface area (Å²) in [5.41, 5.74) is 0.544. The second-order valence-corrected chi connectivity index (χ2v) is 11.8. The van der Waals surface area contributed by atoms with Crippen LogP contribution in [0.3, 0.4) is 0 Å². The van der Waals surface area contributed by atoms with E-state index in [4.69, 9.17) is 4.74 Å². The Morgan fingerprint density at radius 3 is 2.32 bits per heavy atom. The van der Waals surface area contributed by atoms with E-state index < -0.39 is 34.1 Å². The lowest BCUT2D eigenvalue weighted by molar-refractivity contribution is -0.140. The predicted octanol–water partition coefficient (Wildman–Crippen LogP) is 3.56. The third-order valence-corrected chi connectivity index (χ3v) is 6.56. The molecule has 0 saturated carbocycles. The molecule has 8 nitrogen and oxygen atoms in total. The number of methoxy groups -OCH3 is 1. The van der Waals surface area contributed by atoms with Crippen molar-refractivity contribution in [3.05, 3.63) is 58.6 Å². The van der Waals surface area contributed by atoms with Crippen LogP contribution in [0.2, 0.25) is 0 Å². The van der Waals surface area contributed by atoms with Crippen molar-refractivity contribution < 1.29 is 22.7 Å².